The van der Waals surface area contributed by atoms with Crippen LogP contribution in [0.25, 0.3) is 0 Å². The van der Waals surface area contributed by atoms with E-state index < -0.39 is 10.2 Å². The standard InChI is InChI=1S/C19H28FN3O2S.ClH/c20-16-8-6-7-15(13-16)17-14-23(26(24,25)22-11-4-5-12-22)18-9-2-1-3-10-21-19(17)18;/h6-8,13,17-19,21H,1-5,9-12,14H2;1H/t17-,18+,19-;/m0./s1. The molecule has 5 nitrogen and oxygen atoms in total. The average molecular weight is 418 g/mol. The molecule has 3 atom stereocenters. The molecule has 3 aliphatic rings. The van der Waals surface area contributed by atoms with Gasteiger partial charge in [-0.05, 0) is 49.9 Å². The summed E-state index contributed by atoms with van der Waals surface area (Å²) < 4.78 is 43.7. The van der Waals surface area contributed by atoms with Crippen LogP contribution in [0.15, 0.2) is 24.3 Å². The summed E-state index contributed by atoms with van der Waals surface area (Å²) in [6.45, 7) is 2.57. The minimum absolute atomic E-state index is 0. The molecule has 4 rings (SSSR count). The average Bonchev–Trinajstić information content (AvgIpc) is 3.23. The summed E-state index contributed by atoms with van der Waals surface area (Å²) >= 11 is 0. The first kappa shape index (κ1) is 21.0. The van der Waals surface area contributed by atoms with Crippen LogP contribution in [0.1, 0.15) is 50.0 Å². The van der Waals surface area contributed by atoms with Crippen molar-refractivity contribution < 1.29 is 12.8 Å². The van der Waals surface area contributed by atoms with Gasteiger partial charge in [0.25, 0.3) is 10.2 Å². The highest BCUT2D eigenvalue weighted by atomic mass is 35.5. The van der Waals surface area contributed by atoms with Crippen molar-refractivity contribution in [3.8, 4) is 0 Å². The van der Waals surface area contributed by atoms with Crippen LogP contribution in [0.2, 0.25) is 0 Å². The van der Waals surface area contributed by atoms with Gasteiger partial charge < -0.3 is 5.32 Å². The lowest BCUT2D eigenvalue weighted by atomic mass is 9.88. The predicted molar refractivity (Wildman–Crippen MR) is 107 cm³/mol. The van der Waals surface area contributed by atoms with E-state index in [4.69, 9.17) is 0 Å². The molecule has 3 fully saturated rings. The van der Waals surface area contributed by atoms with Crippen molar-refractivity contribution in [1.82, 2.24) is 13.9 Å². The zero-order chi connectivity index (χ0) is 18.1. The van der Waals surface area contributed by atoms with Crippen LogP contribution in [-0.4, -0.2) is 55.3 Å². The van der Waals surface area contributed by atoms with Gasteiger partial charge in [0.05, 0.1) is 0 Å². The summed E-state index contributed by atoms with van der Waals surface area (Å²) in [5, 5.41) is 3.60. The number of halogens is 2. The van der Waals surface area contributed by atoms with Gasteiger partial charge in [-0.3, -0.25) is 0 Å². The molecule has 0 radical (unpaired) electrons. The van der Waals surface area contributed by atoms with E-state index in [9.17, 15) is 12.8 Å². The summed E-state index contributed by atoms with van der Waals surface area (Å²) in [4.78, 5) is 0. The second kappa shape index (κ2) is 8.74. The highest BCUT2D eigenvalue weighted by Gasteiger charge is 2.49. The number of nitrogens with one attached hydrogen (secondary N) is 1. The van der Waals surface area contributed by atoms with Crippen LogP contribution < -0.4 is 5.32 Å². The molecular formula is C19H29ClFN3O2S. The first-order chi connectivity index (χ1) is 12.6. The molecule has 1 N–H and O–H groups in total. The molecule has 0 aliphatic carbocycles. The SMILES string of the molecule is Cl.O=S(=O)(N1CCCC1)N1C[C@@H](c2cccc(F)c2)[C@@H]2NCCCCC[C@H]21. The van der Waals surface area contributed by atoms with E-state index in [-0.39, 0.29) is 36.2 Å². The van der Waals surface area contributed by atoms with Crippen LogP contribution >= 0.6 is 12.4 Å². The zero-order valence-corrected chi connectivity index (χ0v) is 17.2. The number of fused-ring (bicyclic) bond motifs is 1. The highest BCUT2D eigenvalue weighted by Crippen LogP contribution is 2.38. The van der Waals surface area contributed by atoms with Gasteiger partial charge in [0.15, 0.2) is 0 Å². The molecule has 0 saturated carbocycles. The van der Waals surface area contributed by atoms with Crippen molar-refractivity contribution in [3.63, 3.8) is 0 Å². The lowest BCUT2D eigenvalue weighted by molar-refractivity contribution is 0.286. The van der Waals surface area contributed by atoms with Crippen LogP contribution in [0.3, 0.4) is 0 Å². The Hall–Kier alpha value is -0.730. The monoisotopic (exact) mass is 417 g/mol. The van der Waals surface area contributed by atoms with E-state index >= 15 is 0 Å². The van der Waals surface area contributed by atoms with E-state index in [0.717, 1.165) is 50.6 Å². The van der Waals surface area contributed by atoms with Crippen molar-refractivity contribution in [3.05, 3.63) is 35.6 Å². The van der Waals surface area contributed by atoms with Crippen molar-refractivity contribution in [2.45, 2.75) is 56.5 Å². The molecular weight excluding hydrogens is 389 g/mol. The second-order valence-electron chi connectivity index (χ2n) is 7.74. The molecule has 3 saturated heterocycles. The molecule has 1 aromatic rings. The molecule has 0 unspecified atom stereocenters. The maximum absolute atomic E-state index is 13.8. The number of rotatable bonds is 3. The molecule has 0 aromatic heterocycles. The van der Waals surface area contributed by atoms with Crippen LogP contribution in [0, 0.1) is 5.82 Å². The van der Waals surface area contributed by atoms with Crippen LogP contribution in [0.4, 0.5) is 4.39 Å². The third kappa shape index (κ3) is 4.17. The van der Waals surface area contributed by atoms with E-state index in [2.05, 4.69) is 5.32 Å². The molecule has 1 aromatic carbocycles. The Morgan fingerprint density at radius 1 is 1.07 bits per heavy atom. The minimum Gasteiger partial charge on any atom is -0.312 e. The lowest BCUT2D eigenvalue weighted by Crippen LogP contribution is -2.50. The summed E-state index contributed by atoms with van der Waals surface area (Å²) in [5.41, 5.74) is 0.896. The Balaban J connectivity index is 0.00000210. The summed E-state index contributed by atoms with van der Waals surface area (Å²) in [6, 6.07) is 6.66. The third-order valence-electron chi connectivity index (χ3n) is 6.12. The van der Waals surface area contributed by atoms with Gasteiger partial charge in [-0.2, -0.15) is 17.0 Å². The summed E-state index contributed by atoms with van der Waals surface area (Å²) in [5.74, 6) is -0.267. The molecule has 0 spiro atoms. The molecule has 0 bridgehead atoms. The van der Waals surface area contributed by atoms with Gasteiger partial charge in [-0.15, -0.1) is 12.4 Å². The Bertz CT molecular complexity index is 742. The Morgan fingerprint density at radius 2 is 1.85 bits per heavy atom. The minimum atomic E-state index is -3.46. The third-order valence-corrected chi connectivity index (χ3v) is 8.15. The number of benzene rings is 1. The Kier molecular flexibility index (Phi) is 6.79. The first-order valence-corrected chi connectivity index (χ1v) is 11.2. The van der Waals surface area contributed by atoms with Crippen LogP contribution in [-0.2, 0) is 10.2 Å². The molecule has 27 heavy (non-hydrogen) atoms. The van der Waals surface area contributed by atoms with Gasteiger partial charge in [0, 0.05) is 37.6 Å². The van der Waals surface area contributed by atoms with Gasteiger partial charge >= 0.3 is 0 Å². The zero-order valence-electron chi connectivity index (χ0n) is 15.5. The van der Waals surface area contributed by atoms with Crippen molar-refractivity contribution in [1.29, 1.82) is 0 Å². The van der Waals surface area contributed by atoms with Gasteiger partial charge in [0.2, 0.25) is 0 Å². The topological polar surface area (TPSA) is 52.7 Å². The summed E-state index contributed by atoms with van der Waals surface area (Å²) in [7, 11) is -3.46. The van der Waals surface area contributed by atoms with Crippen molar-refractivity contribution in [2.75, 3.05) is 26.2 Å². The van der Waals surface area contributed by atoms with Crippen molar-refractivity contribution in [2.24, 2.45) is 0 Å². The van der Waals surface area contributed by atoms with Crippen LogP contribution in [0.5, 0.6) is 0 Å². The van der Waals surface area contributed by atoms with E-state index in [1.54, 1.807) is 20.7 Å². The normalized spacial score (nSPS) is 30.3. The van der Waals surface area contributed by atoms with Gasteiger partial charge in [-0.25, -0.2) is 4.39 Å². The number of hydrogen-bond donors (Lipinski definition) is 1. The maximum Gasteiger partial charge on any atom is 0.282 e. The van der Waals surface area contributed by atoms with Gasteiger partial charge in [-0.1, -0.05) is 25.0 Å². The summed E-state index contributed by atoms with van der Waals surface area (Å²) in [6.07, 6.45) is 6.02. The molecule has 3 aliphatic heterocycles. The van der Waals surface area contributed by atoms with Crippen molar-refractivity contribution >= 4 is 22.6 Å². The fourth-order valence-corrected chi connectivity index (χ4v) is 6.74. The predicted octanol–water partition coefficient (Wildman–Crippen LogP) is 2.89. The molecule has 0 amide bonds. The molecule has 8 heteroatoms. The second-order valence-corrected chi connectivity index (χ2v) is 9.62. The first-order valence-electron chi connectivity index (χ1n) is 9.83. The fourth-order valence-electron chi connectivity index (χ4n) is 4.80. The Labute approximate surface area is 167 Å². The van der Waals surface area contributed by atoms with E-state index in [1.807, 2.05) is 6.07 Å². The fraction of sp³-hybridized carbons (Fsp3) is 0.684. The van der Waals surface area contributed by atoms with E-state index in [1.165, 1.54) is 6.07 Å². The maximum atomic E-state index is 13.8. The smallest absolute Gasteiger partial charge is 0.282 e. The highest BCUT2D eigenvalue weighted by molar-refractivity contribution is 7.86. The molecule has 3 heterocycles. The lowest BCUT2D eigenvalue weighted by Gasteiger charge is -2.32. The van der Waals surface area contributed by atoms with E-state index in [0.29, 0.717) is 19.6 Å². The Morgan fingerprint density at radius 3 is 2.59 bits per heavy atom. The quantitative estimate of drug-likeness (QED) is 0.822. The number of hydrogen-bond acceptors (Lipinski definition) is 3. The largest absolute Gasteiger partial charge is 0.312 e. The molecule has 152 valence electrons. The van der Waals surface area contributed by atoms with Gasteiger partial charge in [0.1, 0.15) is 5.82 Å². The number of nitrogens with zero attached hydrogens (tertiary/aromatic N) is 2.